The highest BCUT2D eigenvalue weighted by molar-refractivity contribution is 5.98. The zero-order valence-electron chi connectivity index (χ0n) is 9.61. The Kier molecular flexibility index (Phi) is 4.19. The van der Waals surface area contributed by atoms with Gasteiger partial charge in [-0.15, -0.1) is 0 Å². The summed E-state index contributed by atoms with van der Waals surface area (Å²) < 4.78 is 4.88. The highest BCUT2D eigenvalue weighted by Crippen LogP contribution is 2.11. The van der Waals surface area contributed by atoms with Crippen molar-refractivity contribution in [3.05, 3.63) is 29.8 Å². The van der Waals surface area contributed by atoms with Crippen LogP contribution < -0.4 is 5.32 Å². The second-order valence-corrected chi connectivity index (χ2v) is 3.50. The third-order valence-corrected chi connectivity index (χ3v) is 2.26. The molecule has 0 saturated heterocycles. The summed E-state index contributed by atoms with van der Waals surface area (Å²) in [6.07, 6.45) is -0.513. The Labute approximate surface area is 94.6 Å². The summed E-state index contributed by atoms with van der Waals surface area (Å²) in [4.78, 5) is 22.6. The molecule has 0 aliphatic rings. The molecule has 4 heteroatoms. The number of benzene rings is 1. The van der Waals surface area contributed by atoms with Gasteiger partial charge < -0.3 is 10.1 Å². The van der Waals surface area contributed by atoms with E-state index in [2.05, 4.69) is 5.32 Å². The van der Waals surface area contributed by atoms with Gasteiger partial charge in [0.15, 0.2) is 5.78 Å². The largest absolute Gasteiger partial charge is 0.372 e. The fourth-order valence-electron chi connectivity index (χ4n) is 1.17. The van der Waals surface area contributed by atoms with Crippen LogP contribution in [-0.2, 0) is 9.53 Å². The Balaban J connectivity index is 2.78. The number of methoxy groups -OCH3 is 1. The predicted octanol–water partition coefficient (Wildman–Crippen LogP) is 1.86. The average molecular weight is 221 g/mol. The summed E-state index contributed by atoms with van der Waals surface area (Å²) >= 11 is 0. The van der Waals surface area contributed by atoms with Crippen molar-refractivity contribution in [1.29, 1.82) is 0 Å². The van der Waals surface area contributed by atoms with Crippen LogP contribution in [0.1, 0.15) is 24.2 Å². The van der Waals surface area contributed by atoms with E-state index in [1.807, 2.05) is 0 Å². The van der Waals surface area contributed by atoms with E-state index < -0.39 is 6.10 Å². The van der Waals surface area contributed by atoms with Gasteiger partial charge in [-0.3, -0.25) is 9.59 Å². The van der Waals surface area contributed by atoms with E-state index in [0.29, 0.717) is 11.3 Å². The zero-order valence-corrected chi connectivity index (χ0v) is 9.61. The van der Waals surface area contributed by atoms with Crippen LogP contribution in [0.15, 0.2) is 24.3 Å². The SMILES string of the molecule is COC(C)C(=O)Nc1cccc(C(C)=O)c1. The van der Waals surface area contributed by atoms with Gasteiger partial charge in [-0.25, -0.2) is 0 Å². The minimum atomic E-state index is -0.513. The third kappa shape index (κ3) is 3.17. The second-order valence-electron chi connectivity index (χ2n) is 3.50. The van der Waals surface area contributed by atoms with E-state index in [-0.39, 0.29) is 11.7 Å². The minimum Gasteiger partial charge on any atom is -0.372 e. The highest BCUT2D eigenvalue weighted by Gasteiger charge is 2.11. The van der Waals surface area contributed by atoms with Gasteiger partial charge in [-0.05, 0) is 26.0 Å². The molecule has 1 amide bonds. The molecular formula is C12H15NO3. The maximum Gasteiger partial charge on any atom is 0.253 e. The Bertz CT molecular complexity index is 401. The number of amides is 1. The molecule has 16 heavy (non-hydrogen) atoms. The van der Waals surface area contributed by atoms with Crippen molar-refractivity contribution in [2.24, 2.45) is 0 Å². The molecule has 4 nitrogen and oxygen atoms in total. The number of rotatable bonds is 4. The van der Waals surface area contributed by atoms with Gasteiger partial charge in [-0.1, -0.05) is 12.1 Å². The summed E-state index contributed by atoms with van der Waals surface area (Å²) in [5.74, 6) is -0.265. The first-order valence-electron chi connectivity index (χ1n) is 4.99. The van der Waals surface area contributed by atoms with Crippen LogP contribution in [0.4, 0.5) is 5.69 Å². The summed E-state index contributed by atoms with van der Waals surface area (Å²) in [6.45, 7) is 3.14. The number of anilines is 1. The molecule has 0 saturated carbocycles. The Morgan fingerprint density at radius 2 is 2.06 bits per heavy atom. The lowest BCUT2D eigenvalue weighted by atomic mass is 10.1. The van der Waals surface area contributed by atoms with Crippen molar-refractivity contribution in [3.8, 4) is 0 Å². The molecule has 1 atom stereocenters. The van der Waals surface area contributed by atoms with Crippen LogP contribution in [0.5, 0.6) is 0 Å². The van der Waals surface area contributed by atoms with Crippen LogP contribution in [0, 0.1) is 0 Å². The molecule has 86 valence electrons. The van der Waals surface area contributed by atoms with Crippen molar-refractivity contribution in [1.82, 2.24) is 0 Å². The molecule has 0 heterocycles. The van der Waals surface area contributed by atoms with E-state index >= 15 is 0 Å². The molecule has 0 aromatic heterocycles. The summed E-state index contributed by atoms with van der Waals surface area (Å²) in [7, 11) is 1.47. The van der Waals surface area contributed by atoms with Crippen LogP contribution in [0.3, 0.4) is 0 Å². The average Bonchev–Trinajstić information content (AvgIpc) is 2.28. The molecule has 1 N–H and O–H groups in total. The van der Waals surface area contributed by atoms with Crippen LogP contribution in [0.25, 0.3) is 0 Å². The molecule has 0 spiro atoms. The van der Waals surface area contributed by atoms with Crippen LogP contribution in [-0.4, -0.2) is 24.9 Å². The monoisotopic (exact) mass is 221 g/mol. The number of carbonyl (C=O) groups excluding carboxylic acids is 2. The standard InChI is InChI=1S/C12H15NO3/c1-8(14)10-5-4-6-11(7-10)13-12(15)9(2)16-3/h4-7,9H,1-3H3,(H,13,15). The number of hydrogen-bond acceptors (Lipinski definition) is 3. The van der Waals surface area contributed by atoms with Crippen molar-refractivity contribution >= 4 is 17.4 Å². The summed E-state index contributed by atoms with van der Waals surface area (Å²) in [5, 5.41) is 2.67. The number of nitrogens with one attached hydrogen (secondary N) is 1. The number of ketones is 1. The van der Waals surface area contributed by atoms with Crippen molar-refractivity contribution in [3.63, 3.8) is 0 Å². The normalized spacial score (nSPS) is 11.9. The molecule has 0 aliphatic carbocycles. The minimum absolute atomic E-state index is 0.0316. The van der Waals surface area contributed by atoms with Gasteiger partial charge in [0.2, 0.25) is 0 Å². The second kappa shape index (κ2) is 5.42. The molecule has 0 fully saturated rings. The molecule has 1 aromatic rings. The quantitative estimate of drug-likeness (QED) is 0.789. The first-order chi connectivity index (χ1) is 7.54. The molecule has 1 rings (SSSR count). The maximum absolute atomic E-state index is 11.5. The van der Waals surface area contributed by atoms with Crippen molar-refractivity contribution < 1.29 is 14.3 Å². The van der Waals surface area contributed by atoms with Gasteiger partial charge in [0.05, 0.1) is 0 Å². The first kappa shape index (κ1) is 12.4. The molecule has 0 radical (unpaired) electrons. The zero-order chi connectivity index (χ0) is 12.1. The lowest BCUT2D eigenvalue weighted by Gasteiger charge is -2.10. The summed E-state index contributed by atoms with van der Waals surface area (Å²) in [5.41, 5.74) is 1.17. The first-order valence-corrected chi connectivity index (χ1v) is 4.99. The Morgan fingerprint density at radius 1 is 1.38 bits per heavy atom. The topological polar surface area (TPSA) is 55.4 Å². The lowest BCUT2D eigenvalue weighted by molar-refractivity contribution is -0.124. The fraction of sp³-hybridized carbons (Fsp3) is 0.333. The van der Waals surface area contributed by atoms with E-state index in [0.717, 1.165) is 0 Å². The van der Waals surface area contributed by atoms with E-state index in [1.54, 1.807) is 31.2 Å². The molecule has 0 bridgehead atoms. The van der Waals surface area contributed by atoms with Gasteiger partial charge in [0, 0.05) is 18.4 Å². The number of hydrogen-bond donors (Lipinski definition) is 1. The van der Waals surface area contributed by atoms with Crippen molar-refractivity contribution in [2.75, 3.05) is 12.4 Å². The number of carbonyl (C=O) groups is 2. The van der Waals surface area contributed by atoms with Gasteiger partial charge in [0.25, 0.3) is 5.91 Å². The van der Waals surface area contributed by atoms with Gasteiger partial charge in [0.1, 0.15) is 6.10 Å². The Hall–Kier alpha value is -1.68. The molecule has 1 unspecified atom stereocenters. The van der Waals surface area contributed by atoms with Crippen molar-refractivity contribution in [2.45, 2.75) is 20.0 Å². The highest BCUT2D eigenvalue weighted by atomic mass is 16.5. The van der Waals surface area contributed by atoms with Crippen LogP contribution >= 0.6 is 0 Å². The molecule has 1 aromatic carbocycles. The summed E-state index contributed by atoms with van der Waals surface area (Å²) in [6, 6.07) is 6.80. The number of Topliss-reactive ketones (excluding diaryl/α,β-unsaturated/α-hetero) is 1. The molecule has 0 aliphatic heterocycles. The van der Waals surface area contributed by atoms with E-state index in [4.69, 9.17) is 4.74 Å². The molecular weight excluding hydrogens is 206 g/mol. The smallest absolute Gasteiger partial charge is 0.253 e. The van der Waals surface area contributed by atoms with Crippen LogP contribution in [0.2, 0.25) is 0 Å². The third-order valence-electron chi connectivity index (χ3n) is 2.26. The Morgan fingerprint density at radius 3 is 2.62 bits per heavy atom. The fourth-order valence-corrected chi connectivity index (χ4v) is 1.17. The lowest BCUT2D eigenvalue weighted by Crippen LogP contribution is -2.26. The maximum atomic E-state index is 11.5. The van der Waals surface area contributed by atoms with Gasteiger partial charge >= 0.3 is 0 Å². The van der Waals surface area contributed by atoms with Gasteiger partial charge in [-0.2, -0.15) is 0 Å². The number of ether oxygens (including phenoxy) is 1. The van der Waals surface area contributed by atoms with E-state index in [9.17, 15) is 9.59 Å². The van der Waals surface area contributed by atoms with E-state index in [1.165, 1.54) is 14.0 Å². The predicted molar refractivity (Wildman–Crippen MR) is 61.5 cm³/mol.